The number of aromatic nitrogens is 3. The molecule has 0 fully saturated rings. The van der Waals surface area contributed by atoms with Gasteiger partial charge in [-0.05, 0) is 18.6 Å². The summed E-state index contributed by atoms with van der Waals surface area (Å²) < 4.78 is 5.23. The maximum atomic E-state index is 5.23. The normalized spacial score (nSPS) is 11.1. The summed E-state index contributed by atoms with van der Waals surface area (Å²) in [6.45, 7) is 6.74. The summed E-state index contributed by atoms with van der Waals surface area (Å²) in [6.07, 6.45) is 3.50. The number of pyridine rings is 1. The van der Waals surface area contributed by atoms with Gasteiger partial charge in [-0.15, -0.1) is 0 Å². The van der Waals surface area contributed by atoms with E-state index in [4.69, 9.17) is 4.52 Å². The van der Waals surface area contributed by atoms with Gasteiger partial charge in [0.1, 0.15) is 0 Å². The minimum absolute atomic E-state index is 0.402. The van der Waals surface area contributed by atoms with Crippen LogP contribution >= 0.6 is 0 Å². The van der Waals surface area contributed by atoms with E-state index in [1.807, 2.05) is 13.0 Å². The lowest BCUT2D eigenvalue weighted by Crippen LogP contribution is -2.22. The fraction of sp³-hybridized carbons (Fsp3) is 0.417. The van der Waals surface area contributed by atoms with E-state index in [0.29, 0.717) is 24.3 Å². The molecule has 0 bridgehead atoms. The van der Waals surface area contributed by atoms with Crippen LogP contribution in [0.25, 0.3) is 11.5 Å². The molecule has 5 nitrogen and oxygen atoms in total. The van der Waals surface area contributed by atoms with Crippen LogP contribution in [0.5, 0.6) is 0 Å². The fourth-order valence-corrected chi connectivity index (χ4v) is 1.44. The second-order valence-corrected chi connectivity index (χ2v) is 4.24. The Labute approximate surface area is 100 Å². The summed E-state index contributed by atoms with van der Waals surface area (Å²) in [7, 11) is 0. The van der Waals surface area contributed by atoms with E-state index in [2.05, 4.69) is 34.3 Å². The highest BCUT2D eigenvalue weighted by Gasteiger charge is 2.10. The van der Waals surface area contributed by atoms with Crippen molar-refractivity contribution in [1.29, 1.82) is 0 Å². The minimum Gasteiger partial charge on any atom is -0.334 e. The van der Waals surface area contributed by atoms with Gasteiger partial charge in [0.15, 0.2) is 5.82 Å². The molecule has 0 aliphatic carbocycles. The Hall–Kier alpha value is -1.75. The zero-order valence-corrected chi connectivity index (χ0v) is 10.3. The summed E-state index contributed by atoms with van der Waals surface area (Å²) in [5.74, 6) is 1.22. The van der Waals surface area contributed by atoms with Crippen LogP contribution in [-0.4, -0.2) is 21.2 Å². The van der Waals surface area contributed by atoms with E-state index in [-0.39, 0.29) is 0 Å². The van der Waals surface area contributed by atoms with Gasteiger partial charge in [-0.3, -0.25) is 4.98 Å². The fourth-order valence-electron chi connectivity index (χ4n) is 1.44. The highest BCUT2D eigenvalue weighted by atomic mass is 16.5. The molecule has 17 heavy (non-hydrogen) atoms. The van der Waals surface area contributed by atoms with E-state index in [1.54, 1.807) is 12.4 Å². The van der Waals surface area contributed by atoms with Gasteiger partial charge in [0.2, 0.25) is 0 Å². The van der Waals surface area contributed by atoms with E-state index in [1.165, 1.54) is 0 Å². The Kier molecular flexibility index (Phi) is 3.49. The molecule has 0 saturated heterocycles. The number of aryl methyl sites for hydroxylation is 1. The van der Waals surface area contributed by atoms with Crippen molar-refractivity contribution in [1.82, 2.24) is 20.4 Å². The maximum absolute atomic E-state index is 5.23. The molecule has 2 aromatic heterocycles. The topological polar surface area (TPSA) is 63.8 Å². The third-order valence-electron chi connectivity index (χ3n) is 2.39. The van der Waals surface area contributed by atoms with Crippen LogP contribution in [0.1, 0.15) is 25.2 Å². The second-order valence-electron chi connectivity index (χ2n) is 4.24. The Morgan fingerprint density at radius 3 is 2.94 bits per heavy atom. The van der Waals surface area contributed by atoms with Crippen molar-refractivity contribution >= 4 is 0 Å². The summed E-state index contributed by atoms with van der Waals surface area (Å²) >= 11 is 0. The number of nitrogens with zero attached hydrogens (tertiary/aromatic N) is 3. The molecule has 2 aromatic rings. The number of hydrogen-bond acceptors (Lipinski definition) is 5. The predicted molar refractivity (Wildman–Crippen MR) is 64.2 cm³/mol. The van der Waals surface area contributed by atoms with Crippen molar-refractivity contribution in [3.8, 4) is 11.5 Å². The van der Waals surface area contributed by atoms with Crippen LogP contribution in [0, 0.1) is 6.92 Å². The lowest BCUT2D eigenvalue weighted by Gasteiger charge is -2.03. The Morgan fingerprint density at radius 2 is 2.24 bits per heavy atom. The van der Waals surface area contributed by atoms with Crippen molar-refractivity contribution in [3.63, 3.8) is 0 Å². The largest absolute Gasteiger partial charge is 0.334 e. The first-order valence-electron chi connectivity index (χ1n) is 5.64. The minimum atomic E-state index is 0.402. The molecular weight excluding hydrogens is 216 g/mol. The quantitative estimate of drug-likeness (QED) is 0.872. The Balaban J connectivity index is 2.16. The van der Waals surface area contributed by atoms with Gasteiger partial charge in [0.05, 0.1) is 6.54 Å². The predicted octanol–water partition coefficient (Wildman–Crippen LogP) is 1.94. The first kappa shape index (κ1) is 11.7. The molecule has 2 rings (SSSR count). The highest BCUT2D eigenvalue weighted by molar-refractivity contribution is 5.56. The molecule has 0 atom stereocenters. The molecular formula is C12H16N4O. The van der Waals surface area contributed by atoms with Gasteiger partial charge in [0.25, 0.3) is 5.89 Å². The standard InChI is InChI=1S/C12H16N4O/c1-8(2)14-7-11-15-12(17-16-11)10-4-5-13-6-9(10)3/h4-6,8,14H,7H2,1-3H3. The van der Waals surface area contributed by atoms with Gasteiger partial charge in [-0.25, -0.2) is 0 Å². The molecule has 0 aliphatic rings. The van der Waals surface area contributed by atoms with E-state index < -0.39 is 0 Å². The molecule has 90 valence electrons. The molecule has 0 amide bonds. The molecule has 5 heteroatoms. The smallest absolute Gasteiger partial charge is 0.258 e. The molecule has 0 aromatic carbocycles. The molecule has 1 N–H and O–H groups in total. The average molecular weight is 232 g/mol. The number of hydrogen-bond donors (Lipinski definition) is 1. The van der Waals surface area contributed by atoms with Crippen LogP contribution < -0.4 is 5.32 Å². The van der Waals surface area contributed by atoms with Gasteiger partial charge in [-0.1, -0.05) is 19.0 Å². The van der Waals surface area contributed by atoms with Crippen LogP contribution in [0.2, 0.25) is 0 Å². The van der Waals surface area contributed by atoms with E-state index in [0.717, 1.165) is 11.1 Å². The second kappa shape index (κ2) is 5.05. The van der Waals surface area contributed by atoms with Crippen LogP contribution in [0.3, 0.4) is 0 Å². The summed E-state index contributed by atoms with van der Waals surface area (Å²) in [6, 6.07) is 2.28. The third kappa shape index (κ3) is 2.88. The van der Waals surface area contributed by atoms with Crippen molar-refractivity contribution in [2.24, 2.45) is 0 Å². The Morgan fingerprint density at radius 1 is 1.41 bits per heavy atom. The molecule has 0 saturated carbocycles. The van der Waals surface area contributed by atoms with Gasteiger partial charge >= 0.3 is 0 Å². The molecule has 2 heterocycles. The molecule has 0 unspecified atom stereocenters. The first-order valence-corrected chi connectivity index (χ1v) is 5.64. The summed E-state index contributed by atoms with van der Waals surface area (Å²) in [5.41, 5.74) is 1.96. The van der Waals surface area contributed by atoms with Gasteiger partial charge < -0.3 is 9.84 Å². The molecule has 0 aliphatic heterocycles. The molecule has 0 radical (unpaired) electrons. The highest BCUT2D eigenvalue weighted by Crippen LogP contribution is 2.19. The van der Waals surface area contributed by atoms with E-state index in [9.17, 15) is 0 Å². The lowest BCUT2D eigenvalue weighted by molar-refractivity contribution is 0.417. The van der Waals surface area contributed by atoms with Crippen molar-refractivity contribution < 1.29 is 4.52 Å². The van der Waals surface area contributed by atoms with Gasteiger partial charge in [-0.2, -0.15) is 4.98 Å². The van der Waals surface area contributed by atoms with Crippen molar-refractivity contribution in [2.75, 3.05) is 0 Å². The monoisotopic (exact) mass is 232 g/mol. The van der Waals surface area contributed by atoms with Crippen LogP contribution in [-0.2, 0) is 6.54 Å². The van der Waals surface area contributed by atoms with E-state index >= 15 is 0 Å². The SMILES string of the molecule is Cc1cnccc1-c1nc(CNC(C)C)no1. The zero-order valence-electron chi connectivity index (χ0n) is 10.3. The third-order valence-corrected chi connectivity index (χ3v) is 2.39. The van der Waals surface area contributed by atoms with Crippen LogP contribution in [0.4, 0.5) is 0 Å². The van der Waals surface area contributed by atoms with Crippen LogP contribution in [0.15, 0.2) is 23.0 Å². The average Bonchev–Trinajstić information content (AvgIpc) is 2.75. The first-order chi connectivity index (χ1) is 8.16. The number of nitrogens with one attached hydrogen (secondary N) is 1. The zero-order chi connectivity index (χ0) is 12.3. The summed E-state index contributed by atoms with van der Waals surface area (Å²) in [4.78, 5) is 8.38. The number of rotatable bonds is 4. The lowest BCUT2D eigenvalue weighted by atomic mass is 10.1. The molecule has 0 spiro atoms. The van der Waals surface area contributed by atoms with Crippen molar-refractivity contribution in [2.45, 2.75) is 33.4 Å². The van der Waals surface area contributed by atoms with Crippen molar-refractivity contribution in [3.05, 3.63) is 29.8 Å². The Bertz CT molecular complexity index is 493. The van der Waals surface area contributed by atoms with Gasteiger partial charge in [0, 0.05) is 24.0 Å². The summed E-state index contributed by atoms with van der Waals surface area (Å²) in [5, 5.41) is 7.18. The maximum Gasteiger partial charge on any atom is 0.258 e.